The predicted octanol–water partition coefficient (Wildman–Crippen LogP) is 5.13. The highest BCUT2D eigenvalue weighted by atomic mass is 19.1. The van der Waals surface area contributed by atoms with Gasteiger partial charge in [-0.2, -0.15) is 0 Å². The largest absolute Gasteiger partial charge is 0.324 e. The number of rotatable bonds is 4. The van der Waals surface area contributed by atoms with Gasteiger partial charge in [0.15, 0.2) is 0 Å². The molecule has 0 aliphatic carbocycles. The molecule has 3 aromatic rings. The molecule has 0 bridgehead atoms. The van der Waals surface area contributed by atoms with Crippen LogP contribution in [0.1, 0.15) is 12.8 Å². The maximum atomic E-state index is 13.1. The van der Waals surface area contributed by atoms with Crippen molar-refractivity contribution in [1.29, 1.82) is 0 Å². The van der Waals surface area contributed by atoms with Crippen molar-refractivity contribution >= 4 is 23.3 Å². The minimum atomic E-state index is -0.561. The zero-order chi connectivity index (χ0) is 20.9. The number of nitrogens with zero attached hydrogens (tertiary/aromatic N) is 1. The summed E-state index contributed by atoms with van der Waals surface area (Å²) >= 11 is 0. The van der Waals surface area contributed by atoms with Crippen molar-refractivity contribution < 1.29 is 14.0 Å². The second-order valence-electron chi connectivity index (χ2n) is 7.19. The molecule has 1 heterocycles. The second kappa shape index (κ2) is 8.78. The fraction of sp³-hybridized carbons (Fsp3) is 0.167. The molecule has 2 N–H and O–H groups in total. The van der Waals surface area contributed by atoms with Gasteiger partial charge in [-0.05, 0) is 48.7 Å². The molecule has 0 aromatic heterocycles. The van der Waals surface area contributed by atoms with Crippen LogP contribution in [0.4, 0.5) is 20.6 Å². The van der Waals surface area contributed by atoms with Gasteiger partial charge in [-0.25, -0.2) is 9.18 Å². The summed E-state index contributed by atoms with van der Waals surface area (Å²) in [5.74, 6) is -0.589. The number of para-hydroxylation sites is 1. The number of hydrogen-bond donors (Lipinski definition) is 2. The van der Waals surface area contributed by atoms with Gasteiger partial charge < -0.3 is 15.5 Å². The molecule has 1 fully saturated rings. The molecular formula is C24H22FN3O2. The summed E-state index contributed by atoms with van der Waals surface area (Å²) in [4.78, 5) is 27.3. The van der Waals surface area contributed by atoms with Gasteiger partial charge in [-0.1, -0.05) is 48.5 Å². The smallest absolute Gasteiger partial charge is 0.322 e. The van der Waals surface area contributed by atoms with E-state index in [-0.39, 0.29) is 17.8 Å². The molecule has 1 aliphatic rings. The zero-order valence-corrected chi connectivity index (χ0v) is 16.3. The Morgan fingerprint density at radius 2 is 1.57 bits per heavy atom. The molecule has 1 atom stereocenters. The van der Waals surface area contributed by atoms with Gasteiger partial charge in [0, 0.05) is 23.5 Å². The summed E-state index contributed by atoms with van der Waals surface area (Å²) in [5, 5.41) is 5.73. The molecule has 152 valence electrons. The van der Waals surface area contributed by atoms with E-state index < -0.39 is 6.04 Å². The molecule has 30 heavy (non-hydrogen) atoms. The fourth-order valence-corrected chi connectivity index (χ4v) is 3.69. The first-order chi connectivity index (χ1) is 14.6. The van der Waals surface area contributed by atoms with Crippen LogP contribution >= 0.6 is 0 Å². The van der Waals surface area contributed by atoms with E-state index in [9.17, 15) is 14.0 Å². The third-order valence-electron chi connectivity index (χ3n) is 5.18. The predicted molar refractivity (Wildman–Crippen MR) is 116 cm³/mol. The average molecular weight is 403 g/mol. The molecule has 0 radical (unpaired) electrons. The Kier molecular flexibility index (Phi) is 5.75. The Labute approximate surface area is 174 Å². The van der Waals surface area contributed by atoms with Crippen molar-refractivity contribution in [2.45, 2.75) is 18.9 Å². The third-order valence-corrected chi connectivity index (χ3v) is 5.18. The molecule has 5 nitrogen and oxygen atoms in total. The number of amides is 3. The van der Waals surface area contributed by atoms with Crippen LogP contribution in [0.3, 0.4) is 0 Å². The topological polar surface area (TPSA) is 61.4 Å². The van der Waals surface area contributed by atoms with Gasteiger partial charge in [-0.3, -0.25) is 4.79 Å². The Morgan fingerprint density at radius 3 is 2.33 bits per heavy atom. The monoisotopic (exact) mass is 403 g/mol. The number of nitrogens with one attached hydrogen (secondary N) is 2. The van der Waals surface area contributed by atoms with Crippen molar-refractivity contribution in [3.05, 3.63) is 84.7 Å². The van der Waals surface area contributed by atoms with E-state index in [1.165, 1.54) is 29.2 Å². The molecule has 1 saturated heterocycles. The van der Waals surface area contributed by atoms with E-state index in [0.29, 0.717) is 24.3 Å². The molecule has 0 unspecified atom stereocenters. The van der Waals surface area contributed by atoms with Crippen LogP contribution < -0.4 is 10.6 Å². The number of anilines is 2. The molecule has 6 heteroatoms. The van der Waals surface area contributed by atoms with Gasteiger partial charge in [0.2, 0.25) is 5.91 Å². The Balaban J connectivity index is 1.48. The first-order valence-corrected chi connectivity index (χ1v) is 9.90. The number of halogens is 1. The first kappa shape index (κ1) is 19.6. The highest BCUT2D eigenvalue weighted by Gasteiger charge is 2.34. The molecule has 4 rings (SSSR count). The highest BCUT2D eigenvalue weighted by Crippen LogP contribution is 2.29. The molecule has 3 amide bonds. The maximum Gasteiger partial charge on any atom is 0.322 e. The minimum absolute atomic E-state index is 0.217. The van der Waals surface area contributed by atoms with E-state index in [0.717, 1.165) is 17.5 Å². The summed E-state index contributed by atoms with van der Waals surface area (Å²) in [5.41, 5.74) is 3.12. The van der Waals surface area contributed by atoms with Crippen molar-refractivity contribution in [2.24, 2.45) is 0 Å². The second-order valence-corrected chi connectivity index (χ2v) is 7.19. The van der Waals surface area contributed by atoms with Crippen LogP contribution in [-0.4, -0.2) is 29.4 Å². The standard InChI is InChI=1S/C24H22FN3O2/c25-18-12-14-19(15-13-18)26-24(30)28-16-6-11-22(28)23(29)27-21-10-5-4-9-20(21)17-7-2-1-3-8-17/h1-5,7-10,12-15,22H,6,11,16H2,(H,26,30)(H,27,29)/t22-/m1/s1. The summed E-state index contributed by atoms with van der Waals surface area (Å²) in [6.07, 6.45) is 1.34. The van der Waals surface area contributed by atoms with Crippen LogP contribution in [0.15, 0.2) is 78.9 Å². The first-order valence-electron chi connectivity index (χ1n) is 9.90. The van der Waals surface area contributed by atoms with Crippen molar-refractivity contribution in [3.8, 4) is 11.1 Å². The number of likely N-dealkylation sites (tertiary alicyclic amines) is 1. The third kappa shape index (κ3) is 4.33. The minimum Gasteiger partial charge on any atom is -0.324 e. The van der Waals surface area contributed by atoms with Gasteiger partial charge in [-0.15, -0.1) is 0 Å². The number of hydrogen-bond acceptors (Lipinski definition) is 2. The zero-order valence-electron chi connectivity index (χ0n) is 16.3. The SMILES string of the molecule is O=C(Nc1ccccc1-c1ccccc1)[C@H]1CCCN1C(=O)Nc1ccc(F)cc1. The summed E-state index contributed by atoms with van der Waals surface area (Å²) < 4.78 is 13.1. The fourth-order valence-electron chi connectivity index (χ4n) is 3.69. The van der Waals surface area contributed by atoms with Crippen molar-refractivity contribution in [1.82, 2.24) is 4.90 Å². The molecule has 3 aromatic carbocycles. The lowest BCUT2D eigenvalue weighted by Gasteiger charge is -2.24. The van der Waals surface area contributed by atoms with Gasteiger partial charge in [0.25, 0.3) is 0 Å². The number of urea groups is 1. The lowest BCUT2D eigenvalue weighted by molar-refractivity contribution is -0.119. The quantitative estimate of drug-likeness (QED) is 0.635. The van der Waals surface area contributed by atoms with Gasteiger partial charge in [0.1, 0.15) is 11.9 Å². The molecule has 0 spiro atoms. The molecular weight excluding hydrogens is 381 g/mol. The van der Waals surface area contributed by atoms with Crippen LogP contribution in [0.5, 0.6) is 0 Å². The van der Waals surface area contributed by atoms with E-state index in [4.69, 9.17) is 0 Å². The average Bonchev–Trinajstić information content (AvgIpc) is 3.27. The summed E-state index contributed by atoms with van der Waals surface area (Å²) in [7, 11) is 0. The van der Waals surface area contributed by atoms with Gasteiger partial charge >= 0.3 is 6.03 Å². The van der Waals surface area contributed by atoms with Crippen LogP contribution in [0.25, 0.3) is 11.1 Å². The lowest BCUT2D eigenvalue weighted by Crippen LogP contribution is -2.45. The van der Waals surface area contributed by atoms with Crippen LogP contribution in [0, 0.1) is 5.82 Å². The van der Waals surface area contributed by atoms with Gasteiger partial charge in [0.05, 0.1) is 0 Å². The molecule has 0 saturated carbocycles. The van der Waals surface area contributed by atoms with Crippen molar-refractivity contribution in [2.75, 3.05) is 17.2 Å². The van der Waals surface area contributed by atoms with E-state index >= 15 is 0 Å². The lowest BCUT2D eigenvalue weighted by atomic mass is 10.0. The Hall–Kier alpha value is -3.67. The number of carbonyl (C=O) groups is 2. The van der Waals surface area contributed by atoms with Crippen molar-refractivity contribution in [3.63, 3.8) is 0 Å². The summed E-state index contributed by atoms with van der Waals surface area (Å²) in [6, 6.07) is 22.1. The summed E-state index contributed by atoms with van der Waals surface area (Å²) in [6.45, 7) is 0.492. The normalized spacial score (nSPS) is 15.6. The van der Waals surface area contributed by atoms with E-state index in [1.807, 2.05) is 54.6 Å². The van der Waals surface area contributed by atoms with E-state index in [2.05, 4.69) is 10.6 Å². The molecule has 1 aliphatic heterocycles. The van der Waals surface area contributed by atoms with Crippen LogP contribution in [-0.2, 0) is 4.79 Å². The maximum absolute atomic E-state index is 13.1. The number of carbonyl (C=O) groups excluding carboxylic acids is 2. The Morgan fingerprint density at radius 1 is 0.867 bits per heavy atom. The Bertz CT molecular complexity index is 1040. The van der Waals surface area contributed by atoms with Crippen LogP contribution in [0.2, 0.25) is 0 Å². The number of benzene rings is 3. The van der Waals surface area contributed by atoms with E-state index in [1.54, 1.807) is 0 Å². The highest BCUT2D eigenvalue weighted by molar-refractivity contribution is 6.01.